The second-order valence-electron chi connectivity index (χ2n) is 9.51. The monoisotopic (exact) mass is 523 g/mol. The third kappa shape index (κ3) is 5.96. The van der Waals surface area contributed by atoms with Gasteiger partial charge in [0.15, 0.2) is 11.5 Å². The normalized spacial score (nSPS) is 20.7. The summed E-state index contributed by atoms with van der Waals surface area (Å²) in [6.45, 7) is 5.99. The average Bonchev–Trinajstić information content (AvgIpc) is 3.54. The van der Waals surface area contributed by atoms with E-state index in [9.17, 15) is 14.7 Å². The lowest BCUT2D eigenvalue weighted by atomic mass is 9.94. The molecule has 2 aliphatic rings. The molecule has 8 nitrogen and oxygen atoms in total. The second kappa shape index (κ2) is 12.8. The third-order valence-electron chi connectivity index (χ3n) is 6.91. The van der Waals surface area contributed by atoms with Gasteiger partial charge in [-0.15, -0.1) is 0 Å². The first-order valence-corrected chi connectivity index (χ1v) is 13.4. The van der Waals surface area contributed by atoms with E-state index in [0.717, 1.165) is 32.1 Å². The number of hydrogen-bond donors (Lipinski definition) is 1. The molecule has 2 atom stereocenters. The van der Waals surface area contributed by atoms with Crippen LogP contribution in [-0.2, 0) is 14.3 Å². The average molecular weight is 524 g/mol. The lowest BCUT2D eigenvalue weighted by Gasteiger charge is -2.28. The molecule has 1 amide bonds. The molecule has 4 rings (SSSR count). The summed E-state index contributed by atoms with van der Waals surface area (Å²) in [7, 11) is 1.56. The van der Waals surface area contributed by atoms with Gasteiger partial charge in [0.05, 0.1) is 38.0 Å². The van der Waals surface area contributed by atoms with Gasteiger partial charge in [-0.05, 0) is 68.1 Å². The Morgan fingerprint density at radius 2 is 1.84 bits per heavy atom. The van der Waals surface area contributed by atoms with Crippen molar-refractivity contribution in [2.24, 2.45) is 0 Å². The Kier molecular flexibility index (Phi) is 9.29. The molecule has 0 aliphatic carbocycles. The molecule has 8 heteroatoms. The number of rotatable bonds is 12. The van der Waals surface area contributed by atoms with Gasteiger partial charge in [0, 0.05) is 18.7 Å². The predicted molar refractivity (Wildman–Crippen MR) is 144 cm³/mol. The van der Waals surface area contributed by atoms with Crippen molar-refractivity contribution in [1.82, 2.24) is 4.90 Å². The molecule has 0 spiro atoms. The molecule has 1 N–H and O–H groups in total. The van der Waals surface area contributed by atoms with Crippen molar-refractivity contribution in [2.45, 2.75) is 58.1 Å². The largest absolute Gasteiger partial charge is 0.507 e. The van der Waals surface area contributed by atoms with Crippen molar-refractivity contribution in [3.05, 3.63) is 59.2 Å². The van der Waals surface area contributed by atoms with Crippen LogP contribution in [0, 0.1) is 0 Å². The van der Waals surface area contributed by atoms with Crippen LogP contribution in [0.15, 0.2) is 48.0 Å². The number of unbranched alkanes of at least 4 members (excludes halogenated alkanes) is 2. The molecule has 0 saturated carbocycles. The molecule has 0 radical (unpaired) electrons. The van der Waals surface area contributed by atoms with Gasteiger partial charge in [0.2, 0.25) is 0 Å². The van der Waals surface area contributed by atoms with Crippen molar-refractivity contribution in [3.8, 4) is 17.2 Å². The number of benzene rings is 2. The Morgan fingerprint density at radius 1 is 1.05 bits per heavy atom. The molecule has 204 valence electrons. The molecule has 0 bridgehead atoms. The number of amides is 1. The van der Waals surface area contributed by atoms with E-state index in [1.54, 1.807) is 43.5 Å². The first-order valence-electron chi connectivity index (χ1n) is 13.4. The number of ketones is 1. The van der Waals surface area contributed by atoms with Crippen LogP contribution in [0.1, 0.15) is 63.1 Å². The smallest absolute Gasteiger partial charge is 0.295 e. The maximum Gasteiger partial charge on any atom is 0.295 e. The van der Waals surface area contributed by atoms with Crippen LogP contribution in [0.2, 0.25) is 0 Å². The number of nitrogens with zero attached hydrogens (tertiary/aromatic N) is 1. The van der Waals surface area contributed by atoms with Gasteiger partial charge in [0.1, 0.15) is 11.5 Å². The molecule has 2 heterocycles. The molecule has 2 aliphatic heterocycles. The fourth-order valence-electron chi connectivity index (χ4n) is 4.96. The number of methoxy groups -OCH3 is 1. The van der Waals surface area contributed by atoms with Gasteiger partial charge >= 0.3 is 0 Å². The highest BCUT2D eigenvalue weighted by Crippen LogP contribution is 2.42. The molecular formula is C30H37NO7. The highest BCUT2D eigenvalue weighted by atomic mass is 16.5. The Bertz CT molecular complexity index is 1150. The fourth-order valence-corrected chi connectivity index (χ4v) is 4.96. The van der Waals surface area contributed by atoms with Gasteiger partial charge in [-0.25, -0.2) is 0 Å². The minimum atomic E-state index is -0.797. The van der Waals surface area contributed by atoms with Crippen molar-refractivity contribution >= 4 is 17.4 Å². The summed E-state index contributed by atoms with van der Waals surface area (Å²) in [4.78, 5) is 28.1. The molecule has 2 fully saturated rings. The topological polar surface area (TPSA) is 94.5 Å². The second-order valence-corrected chi connectivity index (χ2v) is 9.51. The summed E-state index contributed by atoms with van der Waals surface area (Å²) in [5.41, 5.74) is 1.11. The zero-order chi connectivity index (χ0) is 27.1. The van der Waals surface area contributed by atoms with Crippen LogP contribution in [0.4, 0.5) is 0 Å². The Balaban J connectivity index is 1.74. The molecule has 2 unspecified atom stereocenters. The van der Waals surface area contributed by atoms with Crippen LogP contribution in [0.25, 0.3) is 5.76 Å². The summed E-state index contributed by atoms with van der Waals surface area (Å²) < 4.78 is 22.8. The van der Waals surface area contributed by atoms with Crippen LogP contribution >= 0.6 is 0 Å². The minimum Gasteiger partial charge on any atom is -0.507 e. The number of hydrogen-bond acceptors (Lipinski definition) is 7. The Morgan fingerprint density at radius 3 is 2.50 bits per heavy atom. The van der Waals surface area contributed by atoms with Crippen LogP contribution < -0.4 is 14.2 Å². The zero-order valence-corrected chi connectivity index (χ0v) is 22.4. The van der Waals surface area contributed by atoms with E-state index in [-0.39, 0.29) is 24.0 Å². The highest BCUT2D eigenvalue weighted by Gasteiger charge is 2.47. The van der Waals surface area contributed by atoms with Gasteiger partial charge in [0.25, 0.3) is 11.7 Å². The summed E-state index contributed by atoms with van der Waals surface area (Å²) in [5, 5.41) is 11.3. The number of Topliss-reactive ketones (excluding diaryl/α,β-unsaturated/α-hetero) is 1. The van der Waals surface area contributed by atoms with Crippen molar-refractivity contribution in [2.75, 3.05) is 33.5 Å². The Labute approximate surface area is 224 Å². The van der Waals surface area contributed by atoms with E-state index in [2.05, 4.69) is 6.92 Å². The first-order chi connectivity index (χ1) is 18.5. The number of aliphatic hydroxyl groups excluding tert-OH is 1. The van der Waals surface area contributed by atoms with Gasteiger partial charge in [-0.2, -0.15) is 0 Å². The van der Waals surface area contributed by atoms with Crippen molar-refractivity contribution in [3.63, 3.8) is 0 Å². The van der Waals surface area contributed by atoms with E-state index in [1.165, 1.54) is 4.90 Å². The summed E-state index contributed by atoms with van der Waals surface area (Å²) in [5.74, 6) is 0.136. The number of likely N-dealkylation sites (tertiary alicyclic amines) is 1. The Hall–Kier alpha value is -3.52. The molecule has 2 aromatic rings. The zero-order valence-electron chi connectivity index (χ0n) is 22.4. The molecule has 38 heavy (non-hydrogen) atoms. The summed E-state index contributed by atoms with van der Waals surface area (Å²) in [6, 6.07) is 11.4. The SMILES string of the molecule is CCCCCOc1ccc(C2C(=C(O)c3ccc(OCC)cc3)C(=O)C(=O)N2CC2CCCO2)cc1OC. The maximum atomic E-state index is 13.4. The standard InChI is InChI=1S/C30H37NO7/c1-4-6-7-16-38-24-15-12-21(18-25(24)35-3)27-26(28(32)20-10-13-22(14-11-20)36-5-2)29(33)30(34)31(27)19-23-9-8-17-37-23/h10-15,18,23,27,32H,4-9,16-17,19H2,1-3H3. The first kappa shape index (κ1) is 27.5. The molecule has 0 aromatic heterocycles. The third-order valence-corrected chi connectivity index (χ3v) is 6.91. The van der Waals surface area contributed by atoms with Crippen molar-refractivity contribution < 1.29 is 33.6 Å². The van der Waals surface area contributed by atoms with E-state index >= 15 is 0 Å². The minimum absolute atomic E-state index is 0.0378. The lowest BCUT2D eigenvalue weighted by Crippen LogP contribution is -2.36. The maximum absolute atomic E-state index is 13.4. The van der Waals surface area contributed by atoms with Gasteiger partial charge in [-0.1, -0.05) is 25.8 Å². The molecular weight excluding hydrogens is 486 g/mol. The van der Waals surface area contributed by atoms with Gasteiger partial charge < -0.3 is 29.0 Å². The fraction of sp³-hybridized carbons (Fsp3) is 0.467. The number of carbonyl (C=O) groups is 2. The lowest BCUT2D eigenvalue weighted by molar-refractivity contribution is -0.140. The van der Waals surface area contributed by atoms with E-state index in [0.29, 0.717) is 48.2 Å². The summed E-state index contributed by atoms with van der Waals surface area (Å²) in [6.07, 6.45) is 4.65. The van der Waals surface area contributed by atoms with E-state index in [1.807, 2.05) is 13.0 Å². The van der Waals surface area contributed by atoms with E-state index < -0.39 is 17.7 Å². The highest BCUT2D eigenvalue weighted by molar-refractivity contribution is 6.46. The quantitative estimate of drug-likeness (QED) is 0.175. The molecule has 2 aromatic carbocycles. The number of ether oxygens (including phenoxy) is 4. The predicted octanol–water partition coefficient (Wildman–Crippen LogP) is 5.26. The molecule has 2 saturated heterocycles. The summed E-state index contributed by atoms with van der Waals surface area (Å²) >= 11 is 0. The van der Waals surface area contributed by atoms with Crippen LogP contribution in [-0.4, -0.2) is 61.3 Å². The number of carbonyl (C=O) groups excluding carboxylic acids is 2. The van der Waals surface area contributed by atoms with Crippen LogP contribution in [0.5, 0.6) is 17.2 Å². The van der Waals surface area contributed by atoms with Crippen molar-refractivity contribution in [1.29, 1.82) is 0 Å². The van der Waals surface area contributed by atoms with Gasteiger partial charge in [-0.3, -0.25) is 9.59 Å². The van der Waals surface area contributed by atoms with Crippen LogP contribution in [0.3, 0.4) is 0 Å². The number of aliphatic hydroxyl groups is 1. The van der Waals surface area contributed by atoms with E-state index in [4.69, 9.17) is 18.9 Å².